The van der Waals surface area contributed by atoms with Crippen LogP contribution in [0.1, 0.15) is 39.0 Å². The van der Waals surface area contributed by atoms with Crippen molar-refractivity contribution in [2.24, 2.45) is 0 Å². The van der Waals surface area contributed by atoms with Crippen LogP contribution in [-0.4, -0.2) is 34.6 Å². The molecule has 0 saturated carbocycles. The molecule has 2 heterocycles. The molecular formula is C12H19ClN4O. The van der Waals surface area contributed by atoms with E-state index in [2.05, 4.69) is 26.8 Å². The van der Waals surface area contributed by atoms with Crippen molar-refractivity contribution in [2.75, 3.05) is 18.6 Å². The normalized spacial score (nSPS) is 19.9. The first-order valence-electron chi connectivity index (χ1n) is 6.46. The Morgan fingerprint density at radius 1 is 1.33 bits per heavy atom. The molecule has 0 spiro atoms. The third-order valence-electron chi connectivity index (χ3n) is 3.26. The smallest absolute Gasteiger partial charge is 0.322 e. The number of methoxy groups -OCH3 is 1. The lowest BCUT2D eigenvalue weighted by Crippen LogP contribution is -2.40. The van der Waals surface area contributed by atoms with E-state index in [9.17, 15) is 0 Å². The molecule has 0 radical (unpaired) electrons. The fraction of sp³-hybridized carbons (Fsp3) is 0.750. The van der Waals surface area contributed by atoms with Crippen molar-refractivity contribution in [1.29, 1.82) is 0 Å². The van der Waals surface area contributed by atoms with Crippen LogP contribution in [0.3, 0.4) is 0 Å². The number of anilines is 1. The predicted octanol–water partition coefficient (Wildman–Crippen LogP) is 2.69. The Hall–Kier alpha value is -1.10. The third kappa shape index (κ3) is 3.02. The molecule has 0 aliphatic carbocycles. The van der Waals surface area contributed by atoms with Crippen molar-refractivity contribution >= 4 is 17.5 Å². The molecule has 1 aromatic rings. The Bertz CT molecular complexity index is 400. The van der Waals surface area contributed by atoms with E-state index in [-0.39, 0.29) is 11.3 Å². The minimum Gasteiger partial charge on any atom is -0.467 e. The van der Waals surface area contributed by atoms with Gasteiger partial charge in [0.05, 0.1) is 7.11 Å². The number of hydrogen-bond acceptors (Lipinski definition) is 5. The second kappa shape index (κ2) is 6.18. The van der Waals surface area contributed by atoms with Crippen molar-refractivity contribution in [2.45, 2.75) is 45.1 Å². The van der Waals surface area contributed by atoms with Crippen molar-refractivity contribution in [1.82, 2.24) is 15.0 Å². The molecule has 0 N–H and O–H groups in total. The van der Waals surface area contributed by atoms with Gasteiger partial charge in [-0.25, -0.2) is 0 Å². The second-order valence-corrected chi connectivity index (χ2v) is 4.86. The molecule has 1 saturated heterocycles. The van der Waals surface area contributed by atoms with Gasteiger partial charge in [0.2, 0.25) is 11.2 Å². The summed E-state index contributed by atoms with van der Waals surface area (Å²) in [5, 5.41) is 0.192. The first-order chi connectivity index (χ1) is 8.74. The number of hydrogen-bond donors (Lipinski definition) is 0. The summed E-state index contributed by atoms with van der Waals surface area (Å²) in [7, 11) is 1.54. The molecule has 0 aromatic carbocycles. The van der Waals surface area contributed by atoms with E-state index in [1.807, 2.05) is 0 Å². The van der Waals surface area contributed by atoms with E-state index in [1.165, 1.54) is 26.4 Å². The van der Waals surface area contributed by atoms with Gasteiger partial charge in [-0.15, -0.1) is 0 Å². The molecule has 100 valence electrons. The summed E-state index contributed by atoms with van der Waals surface area (Å²) < 4.78 is 5.05. The van der Waals surface area contributed by atoms with Crippen molar-refractivity contribution in [3.8, 4) is 6.01 Å². The van der Waals surface area contributed by atoms with Crippen LogP contribution in [0.4, 0.5) is 5.95 Å². The number of nitrogens with zero attached hydrogens (tertiary/aromatic N) is 4. The van der Waals surface area contributed by atoms with Crippen LogP contribution in [-0.2, 0) is 0 Å². The monoisotopic (exact) mass is 270 g/mol. The molecule has 1 atom stereocenters. The molecule has 2 rings (SSSR count). The highest BCUT2D eigenvalue weighted by Crippen LogP contribution is 2.26. The minimum absolute atomic E-state index is 0.192. The first-order valence-corrected chi connectivity index (χ1v) is 6.84. The lowest BCUT2D eigenvalue weighted by Gasteiger charge is -2.35. The number of rotatable bonds is 4. The second-order valence-electron chi connectivity index (χ2n) is 4.52. The molecule has 18 heavy (non-hydrogen) atoms. The zero-order chi connectivity index (χ0) is 13.0. The minimum atomic E-state index is 0.192. The summed E-state index contributed by atoms with van der Waals surface area (Å²) in [6.45, 7) is 3.18. The van der Waals surface area contributed by atoms with Gasteiger partial charge in [-0.1, -0.05) is 13.3 Å². The molecule has 1 aliphatic heterocycles. The van der Waals surface area contributed by atoms with Gasteiger partial charge in [0, 0.05) is 12.6 Å². The van der Waals surface area contributed by atoms with E-state index < -0.39 is 0 Å². The molecule has 1 aliphatic rings. The van der Waals surface area contributed by atoms with Gasteiger partial charge in [0.15, 0.2) is 0 Å². The zero-order valence-corrected chi connectivity index (χ0v) is 11.7. The average Bonchev–Trinajstić information content (AvgIpc) is 2.39. The maximum absolute atomic E-state index is 5.90. The number of halogens is 1. The standard InChI is InChI=1S/C12H19ClN4O/c1-3-6-9-7-4-5-8-17(9)11-14-10(13)15-12(16-11)18-2/h9H,3-8H2,1-2H3. The number of aromatic nitrogens is 3. The summed E-state index contributed by atoms with van der Waals surface area (Å²) in [6, 6.07) is 0.790. The van der Waals surface area contributed by atoms with Gasteiger partial charge in [-0.3, -0.25) is 0 Å². The Morgan fingerprint density at radius 2 is 2.17 bits per heavy atom. The Balaban J connectivity index is 2.24. The summed E-state index contributed by atoms with van der Waals surface area (Å²) in [5.41, 5.74) is 0. The molecule has 1 fully saturated rings. The Kier molecular flexibility index (Phi) is 4.58. The number of piperidine rings is 1. The first kappa shape index (κ1) is 13.3. The summed E-state index contributed by atoms with van der Waals surface area (Å²) in [6.07, 6.45) is 5.96. The van der Waals surface area contributed by atoms with Gasteiger partial charge >= 0.3 is 6.01 Å². The average molecular weight is 271 g/mol. The summed E-state index contributed by atoms with van der Waals surface area (Å²) >= 11 is 5.90. The van der Waals surface area contributed by atoms with Gasteiger partial charge < -0.3 is 9.64 Å². The SMILES string of the molecule is CCCC1CCCCN1c1nc(Cl)nc(OC)n1. The van der Waals surface area contributed by atoms with Crippen molar-refractivity contribution < 1.29 is 4.74 Å². The fourth-order valence-corrected chi connectivity index (χ4v) is 2.59. The summed E-state index contributed by atoms with van der Waals surface area (Å²) in [4.78, 5) is 14.7. The highest BCUT2D eigenvalue weighted by atomic mass is 35.5. The van der Waals surface area contributed by atoms with E-state index in [1.54, 1.807) is 0 Å². The fourth-order valence-electron chi connectivity index (χ4n) is 2.44. The molecular weight excluding hydrogens is 252 g/mol. The van der Waals surface area contributed by atoms with Crippen molar-refractivity contribution in [3.05, 3.63) is 5.28 Å². The number of ether oxygens (including phenoxy) is 1. The summed E-state index contributed by atoms with van der Waals surface area (Å²) in [5.74, 6) is 0.644. The lowest BCUT2D eigenvalue weighted by molar-refractivity contribution is 0.373. The Morgan fingerprint density at radius 3 is 2.89 bits per heavy atom. The molecule has 1 unspecified atom stereocenters. The van der Waals surface area contributed by atoms with Crippen LogP contribution < -0.4 is 9.64 Å². The van der Waals surface area contributed by atoms with Crippen LogP contribution in [0.25, 0.3) is 0 Å². The largest absolute Gasteiger partial charge is 0.467 e. The van der Waals surface area contributed by atoms with Crippen LogP contribution in [0, 0.1) is 0 Å². The van der Waals surface area contributed by atoms with Gasteiger partial charge in [0.1, 0.15) is 0 Å². The van der Waals surface area contributed by atoms with Crippen LogP contribution in [0.15, 0.2) is 0 Å². The highest BCUT2D eigenvalue weighted by molar-refractivity contribution is 6.28. The topological polar surface area (TPSA) is 51.1 Å². The van der Waals surface area contributed by atoms with Gasteiger partial charge in [-0.2, -0.15) is 15.0 Å². The van der Waals surface area contributed by atoms with E-state index in [4.69, 9.17) is 16.3 Å². The molecule has 0 amide bonds. The lowest BCUT2D eigenvalue weighted by atomic mass is 9.99. The molecule has 6 heteroatoms. The maximum atomic E-state index is 5.90. The third-order valence-corrected chi connectivity index (χ3v) is 3.43. The van der Waals surface area contributed by atoms with Crippen LogP contribution in [0.2, 0.25) is 5.28 Å². The molecule has 1 aromatic heterocycles. The van der Waals surface area contributed by atoms with Gasteiger partial charge in [-0.05, 0) is 37.3 Å². The molecule has 0 bridgehead atoms. The highest BCUT2D eigenvalue weighted by Gasteiger charge is 2.24. The maximum Gasteiger partial charge on any atom is 0.322 e. The Labute approximate surface area is 113 Å². The van der Waals surface area contributed by atoms with Crippen molar-refractivity contribution in [3.63, 3.8) is 0 Å². The van der Waals surface area contributed by atoms with E-state index in [0.717, 1.165) is 19.4 Å². The van der Waals surface area contributed by atoms with Gasteiger partial charge in [0.25, 0.3) is 0 Å². The predicted molar refractivity (Wildman–Crippen MR) is 71.3 cm³/mol. The molecule has 5 nitrogen and oxygen atoms in total. The van der Waals surface area contributed by atoms with E-state index in [0.29, 0.717) is 12.0 Å². The zero-order valence-electron chi connectivity index (χ0n) is 10.9. The van der Waals surface area contributed by atoms with Crippen LogP contribution in [0.5, 0.6) is 6.01 Å². The quantitative estimate of drug-likeness (QED) is 0.842. The van der Waals surface area contributed by atoms with Crippen LogP contribution >= 0.6 is 11.6 Å². The van der Waals surface area contributed by atoms with E-state index >= 15 is 0 Å².